The van der Waals surface area contributed by atoms with Crippen LogP contribution in [0.4, 0.5) is 29.3 Å². The molecule has 1 aromatic carbocycles. The lowest BCUT2D eigenvalue weighted by Gasteiger charge is -2.44. The third-order valence-corrected chi connectivity index (χ3v) is 8.60. The molecule has 2 N–H and O–H groups in total. The summed E-state index contributed by atoms with van der Waals surface area (Å²) in [6.07, 6.45) is 4.28. The molecular weight excluding hydrogens is 657 g/mol. The van der Waals surface area contributed by atoms with E-state index in [1.165, 1.54) is 6.20 Å². The van der Waals surface area contributed by atoms with E-state index in [0.717, 1.165) is 35.9 Å². The molecule has 0 bridgehead atoms. The van der Waals surface area contributed by atoms with E-state index in [-0.39, 0.29) is 17.7 Å². The molecule has 0 aliphatic carbocycles. The number of nitrogens with one attached hydrogen (secondary N) is 2. The second-order valence-corrected chi connectivity index (χ2v) is 13.5. The molecule has 0 saturated carbocycles. The van der Waals surface area contributed by atoms with Crippen LogP contribution in [-0.2, 0) is 4.74 Å². The number of anilines is 2. The van der Waals surface area contributed by atoms with Crippen molar-refractivity contribution in [3.05, 3.63) is 95.0 Å². The van der Waals surface area contributed by atoms with Gasteiger partial charge in [-0.1, -0.05) is 18.2 Å². The standard InChI is InChI=1S/C34H33F3N8O3S/c1-19-15-44(16-27(41-33(47)48-34(2,3)4)31(19)45-17-26(42-43-45)20-11-13-49-18-20)28-10-12-38-14-25(28)40-32(46)24-9-8-23(37)30(39-24)29-21(35)6-5-7-22(29)36/h5-14,17-19,27,31H,15-16H2,1-4H3,(H,40,46)(H,41,47). The Bertz CT molecular complexity index is 1960. The number of benzene rings is 1. The van der Waals surface area contributed by atoms with Crippen molar-refractivity contribution < 1.29 is 27.5 Å². The van der Waals surface area contributed by atoms with E-state index in [1.807, 2.05) is 34.8 Å². The fourth-order valence-electron chi connectivity index (χ4n) is 5.88. The Morgan fingerprint density at radius 2 is 1.80 bits per heavy atom. The van der Waals surface area contributed by atoms with E-state index >= 15 is 0 Å². The first-order valence-corrected chi connectivity index (χ1v) is 16.4. The average Bonchev–Trinajstić information content (AvgIpc) is 3.74. The van der Waals surface area contributed by atoms with E-state index in [4.69, 9.17) is 4.74 Å². The third-order valence-electron chi connectivity index (χ3n) is 7.92. The average molecular weight is 691 g/mol. The van der Waals surface area contributed by atoms with Gasteiger partial charge in [0.1, 0.15) is 40.1 Å². The lowest BCUT2D eigenvalue weighted by atomic mass is 9.89. The van der Waals surface area contributed by atoms with Crippen LogP contribution in [0.5, 0.6) is 0 Å². The predicted molar refractivity (Wildman–Crippen MR) is 179 cm³/mol. The van der Waals surface area contributed by atoms with Gasteiger partial charge in [-0.15, -0.1) is 5.10 Å². The van der Waals surface area contributed by atoms with Crippen LogP contribution in [0.25, 0.3) is 22.5 Å². The van der Waals surface area contributed by atoms with Gasteiger partial charge < -0.3 is 20.3 Å². The van der Waals surface area contributed by atoms with Gasteiger partial charge in [0.15, 0.2) is 0 Å². The molecule has 1 fully saturated rings. The highest BCUT2D eigenvalue weighted by molar-refractivity contribution is 7.08. The summed E-state index contributed by atoms with van der Waals surface area (Å²) < 4.78 is 51.0. The van der Waals surface area contributed by atoms with Crippen molar-refractivity contribution in [2.75, 3.05) is 23.3 Å². The van der Waals surface area contributed by atoms with Crippen LogP contribution in [0.3, 0.4) is 0 Å². The van der Waals surface area contributed by atoms with E-state index in [2.05, 4.69) is 30.9 Å². The topological polar surface area (TPSA) is 127 Å². The Labute approximate surface area is 284 Å². The van der Waals surface area contributed by atoms with Crippen LogP contribution in [0, 0.1) is 23.4 Å². The zero-order chi connectivity index (χ0) is 34.9. The number of hydrogen-bond acceptors (Lipinski definition) is 9. The number of nitrogens with zero attached hydrogens (tertiary/aromatic N) is 6. The highest BCUT2D eigenvalue weighted by atomic mass is 32.1. The van der Waals surface area contributed by atoms with Crippen LogP contribution >= 0.6 is 11.3 Å². The maximum atomic E-state index is 14.7. The molecule has 1 saturated heterocycles. The van der Waals surface area contributed by atoms with Crippen molar-refractivity contribution >= 4 is 34.7 Å². The second-order valence-electron chi connectivity index (χ2n) is 12.7. The summed E-state index contributed by atoms with van der Waals surface area (Å²) >= 11 is 1.55. The molecule has 4 aromatic heterocycles. The molecule has 0 radical (unpaired) electrons. The van der Waals surface area contributed by atoms with Crippen molar-refractivity contribution in [1.82, 2.24) is 30.3 Å². The normalized spacial score (nSPS) is 17.9. The van der Waals surface area contributed by atoms with Crippen LogP contribution in [0.2, 0.25) is 0 Å². The van der Waals surface area contributed by atoms with Gasteiger partial charge in [-0.05, 0) is 68.5 Å². The summed E-state index contributed by atoms with van der Waals surface area (Å²) in [5, 5.41) is 18.5. The molecular formula is C34H33F3N8O3S. The summed E-state index contributed by atoms with van der Waals surface area (Å²) in [7, 11) is 0. The first kappa shape index (κ1) is 33.6. The van der Waals surface area contributed by atoms with Crippen LogP contribution in [-0.4, -0.2) is 61.7 Å². The smallest absolute Gasteiger partial charge is 0.408 e. The summed E-state index contributed by atoms with van der Waals surface area (Å²) in [5.74, 6) is -3.86. The number of rotatable bonds is 7. The monoisotopic (exact) mass is 690 g/mol. The highest BCUT2D eigenvalue weighted by Gasteiger charge is 2.39. The fraction of sp³-hybridized carbons (Fsp3) is 0.294. The minimum Gasteiger partial charge on any atom is -0.444 e. The molecule has 6 rings (SSSR count). The van der Waals surface area contributed by atoms with E-state index < -0.39 is 52.4 Å². The van der Waals surface area contributed by atoms with E-state index in [0.29, 0.717) is 30.2 Å². The summed E-state index contributed by atoms with van der Waals surface area (Å²) in [4.78, 5) is 36.6. The number of thiophene rings is 1. The van der Waals surface area contributed by atoms with Crippen molar-refractivity contribution in [2.45, 2.75) is 45.4 Å². The van der Waals surface area contributed by atoms with Crippen molar-refractivity contribution in [2.24, 2.45) is 5.92 Å². The van der Waals surface area contributed by atoms with Gasteiger partial charge in [-0.25, -0.2) is 27.6 Å². The maximum Gasteiger partial charge on any atom is 0.408 e. The summed E-state index contributed by atoms with van der Waals surface area (Å²) in [6.45, 7) is 8.15. The predicted octanol–water partition coefficient (Wildman–Crippen LogP) is 6.72. The molecule has 2 amide bonds. The van der Waals surface area contributed by atoms with Gasteiger partial charge in [-0.3, -0.25) is 9.78 Å². The van der Waals surface area contributed by atoms with Gasteiger partial charge in [0.25, 0.3) is 5.91 Å². The van der Waals surface area contributed by atoms with Gasteiger partial charge in [0.05, 0.1) is 41.4 Å². The Balaban J connectivity index is 1.28. The Kier molecular flexibility index (Phi) is 9.37. The lowest BCUT2D eigenvalue weighted by Crippen LogP contribution is -2.57. The maximum absolute atomic E-state index is 14.7. The van der Waals surface area contributed by atoms with Gasteiger partial charge in [0.2, 0.25) is 0 Å². The Morgan fingerprint density at radius 3 is 2.51 bits per heavy atom. The zero-order valence-electron chi connectivity index (χ0n) is 27.0. The number of pyridine rings is 2. The molecule has 0 spiro atoms. The number of halogens is 3. The zero-order valence-corrected chi connectivity index (χ0v) is 27.8. The summed E-state index contributed by atoms with van der Waals surface area (Å²) in [6, 6.07) is 8.03. The van der Waals surface area contributed by atoms with Crippen molar-refractivity contribution in [3.63, 3.8) is 0 Å². The molecule has 3 unspecified atom stereocenters. The summed E-state index contributed by atoms with van der Waals surface area (Å²) in [5.41, 5.74) is 0.248. The number of hydrogen-bond donors (Lipinski definition) is 2. The second kappa shape index (κ2) is 13.7. The van der Waals surface area contributed by atoms with Crippen molar-refractivity contribution in [1.29, 1.82) is 0 Å². The minimum atomic E-state index is -1.01. The molecule has 1 aliphatic heterocycles. The highest BCUT2D eigenvalue weighted by Crippen LogP contribution is 2.35. The van der Waals surface area contributed by atoms with E-state index in [1.54, 1.807) is 49.1 Å². The Morgan fingerprint density at radius 1 is 1.02 bits per heavy atom. The fourth-order valence-corrected chi connectivity index (χ4v) is 6.53. The number of amides is 2. The molecule has 5 aromatic rings. The van der Waals surface area contributed by atoms with Crippen molar-refractivity contribution in [3.8, 4) is 22.5 Å². The van der Waals surface area contributed by atoms with Crippen LogP contribution in [0.1, 0.15) is 44.2 Å². The number of aromatic nitrogens is 5. The Hall–Kier alpha value is -5.31. The molecule has 5 heterocycles. The van der Waals surface area contributed by atoms with Crippen LogP contribution in [0.15, 0.2) is 71.8 Å². The largest absolute Gasteiger partial charge is 0.444 e. The number of alkyl carbamates (subject to hydrolysis) is 1. The number of carbonyl (C=O) groups excluding carboxylic acids is 2. The molecule has 11 nitrogen and oxygen atoms in total. The van der Waals surface area contributed by atoms with Gasteiger partial charge >= 0.3 is 6.09 Å². The van der Waals surface area contributed by atoms with Crippen LogP contribution < -0.4 is 15.5 Å². The molecule has 1 aliphatic rings. The first-order valence-electron chi connectivity index (χ1n) is 15.4. The lowest BCUT2D eigenvalue weighted by molar-refractivity contribution is 0.0465. The molecule has 49 heavy (non-hydrogen) atoms. The molecule has 15 heteroatoms. The number of carbonyl (C=O) groups is 2. The molecule has 3 atom stereocenters. The quantitative estimate of drug-likeness (QED) is 0.193. The van der Waals surface area contributed by atoms with Gasteiger partial charge in [0, 0.05) is 30.2 Å². The third kappa shape index (κ3) is 7.41. The van der Waals surface area contributed by atoms with Gasteiger partial charge in [-0.2, -0.15) is 11.3 Å². The minimum absolute atomic E-state index is 0.0978. The first-order chi connectivity index (χ1) is 23.4. The number of piperidine rings is 1. The van der Waals surface area contributed by atoms with E-state index in [9.17, 15) is 22.8 Å². The SMILES string of the molecule is CC1CN(c2ccncc2NC(=O)c2ccc(F)c(-c3c(F)cccc3F)n2)CC(NC(=O)OC(C)(C)C)C1n1cc(-c2ccsc2)nn1. The number of ether oxygens (including phenoxy) is 1. The molecule has 254 valence electrons.